The summed E-state index contributed by atoms with van der Waals surface area (Å²) in [6, 6.07) is 3.69. The minimum absolute atomic E-state index is 0.0122. The highest BCUT2D eigenvalue weighted by molar-refractivity contribution is 6.08. The van der Waals surface area contributed by atoms with E-state index in [1.54, 1.807) is 13.2 Å². The minimum Gasteiger partial charge on any atom is -0.496 e. The van der Waals surface area contributed by atoms with E-state index < -0.39 is 0 Å². The van der Waals surface area contributed by atoms with Gasteiger partial charge in [0, 0.05) is 5.56 Å². The van der Waals surface area contributed by atoms with E-state index in [1.165, 1.54) is 0 Å². The monoisotopic (exact) mass is 274 g/mol. The number of hydrogen-bond acceptors (Lipinski definition) is 4. The van der Waals surface area contributed by atoms with Crippen molar-refractivity contribution in [3.63, 3.8) is 0 Å². The zero-order chi connectivity index (χ0) is 14.7. The number of nitrogens with one attached hydrogen (secondary N) is 1. The smallest absolute Gasteiger partial charge is 0.211 e. The summed E-state index contributed by atoms with van der Waals surface area (Å²) in [6.45, 7) is 0. The summed E-state index contributed by atoms with van der Waals surface area (Å²) in [5, 5.41) is 15.5. The molecular formula is C13H18N6O. The van der Waals surface area contributed by atoms with Crippen LogP contribution in [0.5, 0.6) is 5.75 Å². The molecule has 7 heteroatoms. The third-order valence-electron chi connectivity index (χ3n) is 3.20. The molecule has 1 aromatic rings. The van der Waals surface area contributed by atoms with Gasteiger partial charge in [-0.15, -0.1) is 5.10 Å². The highest BCUT2D eigenvalue weighted by Crippen LogP contribution is 2.31. The van der Waals surface area contributed by atoms with E-state index >= 15 is 0 Å². The van der Waals surface area contributed by atoms with Gasteiger partial charge in [0.2, 0.25) is 5.96 Å². The number of nitrogens with zero attached hydrogens (tertiary/aromatic N) is 2. The Morgan fingerprint density at radius 3 is 2.60 bits per heavy atom. The van der Waals surface area contributed by atoms with Gasteiger partial charge in [-0.3, -0.25) is 5.41 Å². The van der Waals surface area contributed by atoms with Gasteiger partial charge in [0.15, 0.2) is 0 Å². The molecule has 0 spiro atoms. The lowest BCUT2D eigenvalue weighted by Gasteiger charge is -2.21. The molecule has 20 heavy (non-hydrogen) atoms. The quantitative estimate of drug-likeness (QED) is 0.358. The van der Waals surface area contributed by atoms with Crippen LogP contribution in [0.2, 0.25) is 0 Å². The van der Waals surface area contributed by atoms with Crippen molar-refractivity contribution in [1.82, 2.24) is 0 Å². The van der Waals surface area contributed by atoms with Crippen molar-refractivity contribution in [3.8, 4) is 5.75 Å². The second kappa shape index (κ2) is 5.60. The van der Waals surface area contributed by atoms with E-state index in [2.05, 4.69) is 10.2 Å². The number of fused-ring (bicyclic) bond motifs is 1. The van der Waals surface area contributed by atoms with Crippen LogP contribution in [0.3, 0.4) is 0 Å². The molecule has 1 aliphatic rings. The lowest BCUT2D eigenvalue weighted by molar-refractivity contribution is 0.413. The lowest BCUT2D eigenvalue weighted by atomic mass is 9.86. The van der Waals surface area contributed by atoms with Crippen molar-refractivity contribution in [2.75, 3.05) is 7.11 Å². The lowest BCUT2D eigenvalue weighted by Crippen LogP contribution is -2.23. The Morgan fingerprint density at radius 2 is 2.00 bits per heavy atom. The highest BCUT2D eigenvalue weighted by atomic mass is 16.5. The third-order valence-corrected chi connectivity index (χ3v) is 3.20. The number of nitrogen functional groups attached to an aromatic ring is 1. The van der Waals surface area contributed by atoms with E-state index in [0.29, 0.717) is 11.3 Å². The van der Waals surface area contributed by atoms with Crippen LogP contribution in [0.15, 0.2) is 22.3 Å². The van der Waals surface area contributed by atoms with E-state index in [9.17, 15) is 0 Å². The van der Waals surface area contributed by atoms with E-state index in [4.69, 9.17) is 27.3 Å². The average Bonchev–Trinajstić information content (AvgIpc) is 2.43. The number of benzene rings is 1. The van der Waals surface area contributed by atoms with Crippen LogP contribution in [-0.4, -0.2) is 24.6 Å². The Hall–Kier alpha value is -2.57. The fourth-order valence-corrected chi connectivity index (χ4v) is 2.41. The van der Waals surface area contributed by atoms with E-state index in [1.807, 2.05) is 6.07 Å². The average molecular weight is 274 g/mol. The molecule has 0 saturated carbocycles. The summed E-state index contributed by atoms with van der Waals surface area (Å²) in [5.74, 6) is 0.506. The Morgan fingerprint density at radius 1 is 1.25 bits per heavy atom. The molecule has 106 valence electrons. The number of rotatable bonds is 3. The third kappa shape index (κ3) is 2.56. The largest absolute Gasteiger partial charge is 0.496 e. The van der Waals surface area contributed by atoms with Gasteiger partial charge < -0.3 is 21.9 Å². The molecule has 1 aromatic carbocycles. The second-order valence-corrected chi connectivity index (χ2v) is 4.51. The summed E-state index contributed by atoms with van der Waals surface area (Å²) < 4.78 is 5.28. The molecule has 0 aliphatic heterocycles. The molecule has 0 unspecified atom stereocenters. The summed E-state index contributed by atoms with van der Waals surface area (Å²) in [6.07, 6.45) is 2.51. The van der Waals surface area contributed by atoms with Crippen molar-refractivity contribution >= 4 is 17.5 Å². The Bertz CT molecular complexity index is 601. The predicted molar refractivity (Wildman–Crippen MR) is 79.3 cm³/mol. The Balaban J connectivity index is 2.59. The standard InChI is InChI=1S/C13H18N6O/c1-20-10-6-5-7-8(11(10)12(14)15)3-2-4-9(7)18-19-13(16)17/h5-6H,2-4H2,1H3,(H3,14,15)(H4,16,17,19). The Kier molecular flexibility index (Phi) is 3.88. The van der Waals surface area contributed by atoms with Crippen LogP contribution in [0.1, 0.15) is 29.5 Å². The number of guanidine groups is 1. The Labute approximate surface area is 117 Å². The van der Waals surface area contributed by atoms with Gasteiger partial charge in [0.25, 0.3) is 0 Å². The maximum Gasteiger partial charge on any atom is 0.211 e. The van der Waals surface area contributed by atoms with E-state index in [0.717, 1.165) is 36.1 Å². The fourth-order valence-electron chi connectivity index (χ4n) is 2.41. The summed E-state index contributed by atoms with van der Waals surface area (Å²) in [4.78, 5) is 0. The molecule has 0 atom stereocenters. The van der Waals surface area contributed by atoms with Crippen molar-refractivity contribution < 1.29 is 4.74 Å². The minimum atomic E-state index is -0.0788. The van der Waals surface area contributed by atoms with Crippen LogP contribution in [0.4, 0.5) is 0 Å². The topological polar surface area (TPSA) is 136 Å². The van der Waals surface area contributed by atoms with E-state index in [-0.39, 0.29) is 11.8 Å². The molecule has 2 rings (SSSR count). The first-order valence-corrected chi connectivity index (χ1v) is 6.24. The van der Waals surface area contributed by atoms with Gasteiger partial charge in [-0.25, -0.2) is 0 Å². The van der Waals surface area contributed by atoms with Crippen LogP contribution in [0, 0.1) is 5.41 Å². The van der Waals surface area contributed by atoms with Gasteiger partial charge in [-0.1, -0.05) is 0 Å². The van der Waals surface area contributed by atoms with Crippen molar-refractivity contribution in [2.45, 2.75) is 19.3 Å². The fraction of sp³-hybridized carbons (Fsp3) is 0.308. The zero-order valence-corrected chi connectivity index (χ0v) is 11.3. The molecule has 0 saturated heterocycles. The number of amidine groups is 1. The normalized spacial score (nSPS) is 15.6. The van der Waals surface area contributed by atoms with Crippen molar-refractivity contribution in [3.05, 3.63) is 28.8 Å². The summed E-state index contributed by atoms with van der Waals surface area (Å²) in [7, 11) is 1.56. The van der Waals surface area contributed by atoms with Gasteiger partial charge in [0.05, 0.1) is 18.4 Å². The van der Waals surface area contributed by atoms with Gasteiger partial charge in [0.1, 0.15) is 11.6 Å². The van der Waals surface area contributed by atoms with Gasteiger partial charge in [-0.05, 0) is 37.0 Å². The first-order chi connectivity index (χ1) is 9.54. The number of ether oxygens (including phenoxy) is 1. The maximum absolute atomic E-state index is 7.75. The molecule has 0 fully saturated rings. The molecule has 0 bridgehead atoms. The van der Waals surface area contributed by atoms with Crippen molar-refractivity contribution in [1.29, 1.82) is 5.41 Å². The number of hydrogen-bond donors (Lipinski definition) is 4. The molecule has 0 heterocycles. The SMILES string of the molecule is COc1ccc2c(c1C(=N)N)CCCC2=NN=C(N)N. The molecular weight excluding hydrogens is 256 g/mol. The second-order valence-electron chi connectivity index (χ2n) is 4.51. The summed E-state index contributed by atoms with van der Waals surface area (Å²) in [5.41, 5.74) is 19.6. The summed E-state index contributed by atoms with van der Waals surface area (Å²) >= 11 is 0. The highest BCUT2D eigenvalue weighted by Gasteiger charge is 2.22. The first-order valence-electron chi connectivity index (χ1n) is 6.24. The van der Waals surface area contributed by atoms with Crippen LogP contribution >= 0.6 is 0 Å². The molecule has 0 aromatic heterocycles. The maximum atomic E-state index is 7.75. The van der Waals surface area contributed by atoms with Gasteiger partial charge in [-0.2, -0.15) is 5.10 Å². The molecule has 7 N–H and O–H groups in total. The number of methoxy groups -OCH3 is 1. The molecule has 7 nitrogen and oxygen atoms in total. The molecule has 0 amide bonds. The van der Waals surface area contributed by atoms with Gasteiger partial charge >= 0.3 is 0 Å². The number of nitrogens with two attached hydrogens (primary N) is 3. The van der Waals surface area contributed by atoms with Crippen LogP contribution in [-0.2, 0) is 6.42 Å². The molecule has 1 aliphatic carbocycles. The zero-order valence-electron chi connectivity index (χ0n) is 11.3. The van der Waals surface area contributed by atoms with Crippen LogP contribution < -0.4 is 21.9 Å². The predicted octanol–water partition coefficient (Wildman–Crippen LogP) is 0.293. The van der Waals surface area contributed by atoms with Crippen molar-refractivity contribution in [2.24, 2.45) is 27.4 Å². The van der Waals surface area contributed by atoms with Crippen LogP contribution in [0.25, 0.3) is 0 Å². The molecule has 0 radical (unpaired) electrons. The first kappa shape index (κ1) is 13.9.